The van der Waals surface area contributed by atoms with Crippen LogP contribution in [0.2, 0.25) is 0 Å². The Bertz CT molecular complexity index is 358. The van der Waals surface area contributed by atoms with Gasteiger partial charge in [0.1, 0.15) is 0 Å². The number of unbranched alkanes of at least 4 members (excludes halogenated alkanes) is 1. The van der Waals surface area contributed by atoms with Crippen molar-refractivity contribution in [3.05, 3.63) is 48.0 Å². The molecule has 0 atom stereocenters. The van der Waals surface area contributed by atoms with Crippen molar-refractivity contribution in [2.24, 2.45) is 0 Å². The summed E-state index contributed by atoms with van der Waals surface area (Å²) in [5.41, 5.74) is 1.19. The van der Waals surface area contributed by atoms with Crippen molar-refractivity contribution in [3.8, 4) is 0 Å². The molecule has 0 bridgehead atoms. The summed E-state index contributed by atoms with van der Waals surface area (Å²) in [6, 6.07) is 6.80. The number of carbonyl (C=O) groups is 1. The second kappa shape index (κ2) is 6.80. The molecule has 16 heavy (non-hydrogen) atoms. The van der Waals surface area contributed by atoms with Crippen molar-refractivity contribution < 1.29 is 14.6 Å². The number of ether oxygens (including phenoxy) is 1. The van der Waals surface area contributed by atoms with E-state index in [1.54, 1.807) is 18.2 Å². The van der Waals surface area contributed by atoms with Crippen molar-refractivity contribution in [3.63, 3.8) is 0 Å². The van der Waals surface area contributed by atoms with Gasteiger partial charge in [-0.15, -0.1) is 6.58 Å². The zero-order valence-corrected chi connectivity index (χ0v) is 9.19. The van der Waals surface area contributed by atoms with E-state index in [9.17, 15) is 4.79 Å². The highest BCUT2D eigenvalue weighted by molar-refractivity contribution is 5.87. The Labute approximate surface area is 95.4 Å². The van der Waals surface area contributed by atoms with E-state index in [1.807, 2.05) is 12.1 Å². The molecule has 86 valence electrons. The number of rotatable bonds is 7. The van der Waals surface area contributed by atoms with E-state index in [2.05, 4.69) is 6.58 Å². The summed E-state index contributed by atoms with van der Waals surface area (Å²) in [6.07, 6.45) is 3.74. The number of carboxylic acids is 1. The lowest BCUT2D eigenvalue weighted by Crippen LogP contribution is -1.99. The molecule has 1 rings (SSSR count). The second-order valence-corrected chi connectivity index (χ2v) is 3.49. The van der Waals surface area contributed by atoms with Gasteiger partial charge in [0.2, 0.25) is 0 Å². The summed E-state index contributed by atoms with van der Waals surface area (Å²) < 4.78 is 5.42. The van der Waals surface area contributed by atoms with Gasteiger partial charge < -0.3 is 9.84 Å². The molecule has 1 aromatic rings. The molecule has 1 aromatic carbocycles. The van der Waals surface area contributed by atoms with Crippen molar-refractivity contribution in [1.82, 2.24) is 0 Å². The Morgan fingerprint density at radius 2 is 2.31 bits per heavy atom. The van der Waals surface area contributed by atoms with Crippen LogP contribution >= 0.6 is 0 Å². The molecular weight excluding hydrogens is 204 g/mol. The van der Waals surface area contributed by atoms with Crippen molar-refractivity contribution >= 4 is 5.97 Å². The first-order chi connectivity index (χ1) is 7.74. The van der Waals surface area contributed by atoms with Crippen LogP contribution in [0.15, 0.2) is 36.9 Å². The highest BCUT2D eigenvalue weighted by Gasteiger charge is 2.02. The fourth-order valence-electron chi connectivity index (χ4n) is 1.31. The number of hydrogen-bond acceptors (Lipinski definition) is 2. The summed E-state index contributed by atoms with van der Waals surface area (Å²) >= 11 is 0. The zero-order chi connectivity index (χ0) is 11.8. The van der Waals surface area contributed by atoms with E-state index in [4.69, 9.17) is 9.84 Å². The third-order valence-corrected chi connectivity index (χ3v) is 2.14. The summed E-state index contributed by atoms with van der Waals surface area (Å²) in [5.74, 6) is -0.909. The SMILES string of the molecule is C=CCCCOCc1cccc(C(=O)O)c1. The van der Waals surface area contributed by atoms with Crippen molar-refractivity contribution in [2.45, 2.75) is 19.4 Å². The molecule has 3 heteroatoms. The molecule has 0 aliphatic heterocycles. The predicted octanol–water partition coefficient (Wildman–Crippen LogP) is 2.87. The number of carboxylic acid groups (broad SMARTS) is 1. The van der Waals surface area contributed by atoms with Gasteiger partial charge in [0, 0.05) is 6.61 Å². The molecule has 0 fully saturated rings. The molecule has 0 aliphatic rings. The van der Waals surface area contributed by atoms with Crippen LogP contribution in [0.5, 0.6) is 0 Å². The maximum atomic E-state index is 10.7. The van der Waals surface area contributed by atoms with E-state index in [0.717, 1.165) is 18.4 Å². The summed E-state index contributed by atoms with van der Waals surface area (Å²) in [5, 5.41) is 8.80. The molecule has 1 N–H and O–H groups in total. The van der Waals surface area contributed by atoms with Gasteiger partial charge in [0.15, 0.2) is 0 Å². The standard InChI is InChI=1S/C13H16O3/c1-2-3-4-8-16-10-11-6-5-7-12(9-11)13(14)15/h2,5-7,9H,1,3-4,8,10H2,(H,14,15). The number of benzene rings is 1. The number of allylic oxidation sites excluding steroid dienone is 1. The van der Waals surface area contributed by atoms with Crippen LogP contribution in [0.3, 0.4) is 0 Å². The molecule has 0 aromatic heterocycles. The Balaban J connectivity index is 2.39. The summed E-state index contributed by atoms with van der Waals surface area (Å²) in [7, 11) is 0. The summed E-state index contributed by atoms with van der Waals surface area (Å²) in [6.45, 7) is 4.75. The molecule has 0 aliphatic carbocycles. The number of aromatic carboxylic acids is 1. The molecule has 0 saturated carbocycles. The Kier molecular flexibility index (Phi) is 5.29. The van der Waals surface area contributed by atoms with Gasteiger partial charge >= 0.3 is 5.97 Å². The van der Waals surface area contributed by atoms with Gasteiger partial charge in [-0.05, 0) is 30.5 Å². The minimum Gasteiger partial charge on any atom is -0.478 e. The molecule has 3 nitrogen and oxygen atoms in total. The maximum absolute atomic E-state index is 10.7. The predicted molar refractivity (Wildman–Crippen MR) is 62.5 cm³/mol. The van der Waals surface area contributed by atoms with E-state index in [-0.39, 0.29) is 0 Å². The Morgan fingerprint density at radius 3 is 3.00 bits per heavy atom. The van der Waals surface area contributed by atoms with Crippen LogP contribution in [0.4, 0.5) is 0 Å². The third kappa shape index (κ3) is 4.28. The van der Waals surface area contributed by atoms with E-state index >= 15 is 0 Å². The number of hydrogen-bond donors (Lipinski definition) is 1. The molecule has 0 unspecified atom stereocenters. The van der Waals surface area contributed by atoms with Crippen LogP contribution < -0.4 is 0 Å². The first kappa shape index (κ1) is 12.5. The summed E-state index contributed by atoms with van der Waals surface area (Å²) in [4.78, 5) is 10.7. The second-order valence-electron chi connectivity index (χ2n) is 3.49. The van der Waals surface area contributed by atoms with Crippen LogP contribution in [0.1, 0.15) is 28.8 Å². The molecule has 0 amide bonds. The fourth-order valence-corrected chi connectivity index (χ4v) is 1.31. The fraction of sp³-hybridized carbons (Fsp3) is 0.308. The monoisotopic (exact) mass is 220 g/mol. The van der Waals surface area contributed by atoms with Gasteiger partial charge in [-0.25, -0.2) is 4.79 Å². The van der Waals surface area contributed by atoms with Crippen LogP contribution in [0, 0.1) is 0 Å². The van der Waals surface area contributed by atoms with E-state index in [0.29, 0.717) is 18.8 Å². The zero-order valence-electron chi connectivity index (χ0n) is 9.19. The third-order valence-electron chi connectivity index (χ3n) is 2.14. The van der Waals surface area contributed by atoms with Gasteiger partial charge in [0.25, 0.3) is 0 Å². The van der Waals surface area contributed by atoms with Gasteiger partial charge in [-0.1, -0.05) is 18.2 Å². The normalized spacial score (nSPS) is 10.0. The maximum Gasteiger partial charge on any atom is 0.335 e. The molecular formula is C13H16O3. The van der Waals surface area contributed by atoms with Crippen LogP contribution in [0.25, 0.3) is 0 Å². The first-order valence-electron chi connectivity index (χ1n) is 5.25. The van der Waals surface area contributed by atoms with Crippen molar-refractivity contribution in [1.29, 1.82) is 0 Å². The van der Waals surface area contributed by atoms with Crippen LogP contribution in [-0.2, 0) is 11.3 Å². The van der Waals surface area contributed by atoms with Crippen LogP contribution in [-0.4, -0.2) is 17.7 Å². The Hall–Kier alpha value is -1.61. The average Bonchev–Trinajstić information content (AvgIpc) is 2.29. The van der Waals surface area contributed by atoms with Crippen molar-refractivity contribution in [2.75, 3.05) is 6.61 Å². The Morgan fingerprint density at radius 1 is 1.50 bits per heavy atom. The average molecular weight is 220 g/mol. The van der Waals surface area contributed by atoms with E-state index < -0.39 is 5.97 Å². The van der Waals surface area contributed by atoms with Gasteiger partial charge in [0.05, 0.1) is 12.2 Å². The highest BCUT2D eigenvalue weighted by Crippen LogP contribution is 2.07. The minimum absolute atomic E-state index is 0.298. The lowest BCUT2D eigenvalue weighted by Gasteiger charge is -2.04. The molecule has 0 radical (unpaired) electrons. The van der Waals surface area contributed by atoms with Gasteiger partial charge in [-0.2, -0.15) is 0 Å². The quantitative estimate of drug-likeness (QED) is 0.567. The largest absolute Gasteiger partial charge is 0.478 e. The first-order valence-corrected chi connectivity index (χ1v) is 5.25. The lowest BCUT2D eigenvalue weighted by atomic mass is 10.1. The lowest BCUT2D eigenvalue weighted by molar-refractivity contribution is 0.0696. The van der Waals surface area contributed by atoms with Gasteiger partial charge in [-0.3, -0.25) is 0 Å². The smallest absolute Gasteiger partial charge is 0.335 e. The van der Waals surface area contributed by atoms with E-state index in [1.165, 1.54) is 0 Å². The topological polar surface area (TPSA) is 46.5 Å². The minimum atomic E-state index is -0.909. The molecule has 0 spiro atoms. The molecule has 0 heterocycles. The highest BCUT2D eigenvalue weighted by atomic mass is 16.5. The molecule has 0 saturated heterocycles.